The highest BCUT2D eigenvalue weighted by Gasteiger charge is 2.33. The van der Waals surface area contributed by atoms with Gasteiger partial charge in [-0.1, -0.05) is 0 Å². The minimum Gasteiger partial charge on any atom is -0.303 e. The highest BCUT2D eigenvalue weighted by molar-refractivity contribution is 5.79. The summed E-state index contributed by atoms with van der Waals surface area (Å²) in [6.07, 6.45) is 4.06. The number of carbonyl (C=O) groups is 1. The lowest BCUT2D eigenvalue weighted by Crippen LogP contribution is -2.28. The number of carbonyl (C=O) groups excluding carboxylic acids is 1. The van der Waals surface area contributed by atoms with Crippen LogP contribution in [0, 0.1) is 5.92 Å². The van der Waals surface area contributed by atoms with Crippen molar-refractivity contribution in [3.05, 3.63) is 0 Å². The number of nitrogens with zero attached hydrogens (tertiary/aromatic N) is 1. The van der Waals surface area contributed by atoms with Crippen molar-refractivity contribution < 1.29 is 4.79 Å². The fourth-order valence-electron chi connectivity index (χ4n) is 2.37. The lowest BCUT2D eigenvalue weighted by molar-refractivity contribution is -0.120. The van der Waals surface area contributed by atoms with Crippen LogP contribution in [0.5, 0.6) is 0 Å². The molecule has 2 rings (SSSR count). The quantitative estimate of drug-likeness (QED) is 0.518. The molecule has 2 heteroatoms. The van der Waals surface area contributed by atoms with Gasteiger partial charge in [0.25, 0.3) is 0 Å². The predicted octanol–water partition coefficient (Wildman–Crippen LogP) is 1.06. The number of ketones is 1. The van der Waals surface area contributed by atoms with E-state index < -0.39 is 0 Å². The molecule has 62 valence electrons. The molecule has 1 saturated carbocycles. The Bertz CT molecular complexity index is 178. The van der Waals surface area contributed by atoms with Crippen molar-refractivity contribution in [3.8, 4) is 0 Å². The van der Waals surface area contributed by atoms with Crippen LogP contribution in [0.25, 0.3) is 0 Å². The molecular weight excluding hydrogens is 138 g/mol. The lowest BCUT2D eigenvalue weighted by atomic mass is 10.0. The first-order valence-corrected chi connectivity index (χ1v) is 4.47. The maximum Gasteiger partial charge on any atom is 0.134 e. The molecule has 2 nitrogen and oxygen atoms in total. The number of fused-ring (bicyclic) bond motifs is 2. The molecule has 11 heavy (non-hydrogen) atoms. The van der Waals surface area contributed by atoms with E-state index in [0.29, 0.717) is 11.8 Å². The van der Waals surface area contributed by atoms with Gasteiger partial charge >= 0.3 is 0 Å². The van der Waals surface area contributed by atoms with Crippen LogP contribution in [0.15, 0.2) is 0 Å². The molecule has 0 aromatic heterocycles. The molecule has 2 aliphatic rings. The average Bonchev–Trinajstić information content (AvgIpc) is 2.15. The molecule has 0 aromatic carbocycles. The summed E-state index contributed by atoms with van der Waals surface area (Å²) < 4.78 is 0. The van der Waals surface area contributed by atoms with E-state index in [1.807, 2.05) is 0 Å². The van der Waals surface area contributed by atoms with Gasteiger partial charge in [0, 0.05) is 25.4 Å². The van der Waals surface area contributed by atoms with Crippen molar-refractivity contribution in [2.45, 2.75) is 31.7 Å². The summed E-state index contributed by atoms with van der Waals surface area (Å²) in [5, 5.41) is 0. The fourth-order valence-corrected chi connectivity index (χ4v) is 2.37. The first-order chi connectivity index (χ1) is 5.25. The van der Waals surface area contributed by atoms with Gasteiger partial charge in [-0.3, -0.25) is 4.79 Å². The smallest absolute Gasteiger partial charge is 0.134 e. The number of likely N-dealkylation sites (tertiary alicyclic amines) is 1. The summed E-state index contributed by atoms with van der Waals surface area (Å²) in [4.78, 5) is 13.5. The van der Waals surface area contributed by atoms with E-state index in [1.165, 1.54) is 13.0 Å². The summed E-state index contributed by atoms with van der Waals surface area (Å²) >= 11 is 0. The standard InChI is InChI=1S/C9H15NO/c1-10-6-7-2-3-9(11)5-8(10)4-7/h7-8H,2-6H2,1H3. The third-order valence-electron chi connectivity index (χ3n) is 3.07. The maximum absolute atomic E-state index is 11.2. The van der Waals surface area contributed by atoms with E-state index in [4.69, 9.17) is 0 Å². The summed E-state index contributed by atoms with van der Waals surface area (Å²) in [7, 11) is 2.14. The zero-order valence-corrected chi connectivity index (χ0v) is 7.05. The summed E-state index contributed by atoms with van der Waals surface area (Å²) in [6, 6.07) is 0.579. The number of rotatable bonds is 0. The largest absolute Gasteiger partial charge is 0.303 e. The molecular formula is C9H15NO. The van der Waals surface area contributed by atoms with E-state index in [1.54, 1.807) is 0 Å². The molecule has 0 spiro atoms. The normalized spacial score (nSPS) is 39.2. The molecule has 0 amide bonds. The Kier molecular flexibility index (Phi) is 1.72. The second kappa shape index (κ2) is 2.59. The monoisotopic (exact) mass is 153 g/mol. The molecule has 1 aliphatic carbocycles. The van der Waals surface area contributed by atoms with Gasteiger partial charge in [-0.05, 0) is 25.8 Å². The Morgan fingerprint density at radius 3 is 3.18 bits per heavy atom. The first-order valence-electron chi connectivity index (χ1n) is 4.47. The molecule has 2 bridgehead atoms. The second-order valence-electron chi connectivity index (χ2n) is 3.98. The molecule has 0 aromatic rings. The van der Waals surface area contributed by atoms with E-state index in [0.717, 1.165) is 25.2 Å². The molecule has 2 fully saturated rings. The van der Waals surface area contributed by atoms with E-state index in [9.17, 15) is 4.79 Å². The molecule has 0 radical (unpaired) electrons. The van der Waals surface area contributed by atoms with Crippen molar-refractivity contribution in [1.29, 1.82) is 0 Å². The van der Waals surface area contributed by atoms with E-state index in [2.05, 4.69) is 11.9 Å². The van der Waals surface area contributed by atoms with Crippen LogP contribution in [-0.4, -0.2) is 30.3 Å². The molecule has 1 saturated heterocycles. The Labute approximate surface area is 67.6 Å². The molecule has 2 unspecified atom stereocenters. The maximum atomic E-state index is 11.2. The van der Waals surface area contributed by atoms with Gasteiger partial charge in [-0.25, -0.2) is 0 Å². The van der Waals surface area contributed by atoms with Gasteiger partial charge in [-0.15, -0.1) is 0 Å². The minimum absolute atomic E-state index is 0.476. The third-order valence-corrected chi connectivity index (χ3v) is 3.07. The van der Waals surface area contributed by atoms with Gasteiger partial charge in [0.1, 0.15) is 5.78 Å². The van der Waals surface area contributed by atoms with Crippen molar-refractivity contribution in [3.63, 3.8) is 0 Å². The van der Waals surface area contributed by atoms with Gasteiger partial charge in [0.05, 0.1) is 0 Å². The highest BCUT2D eigenvalue weighted by atomic mass is 16.1. The number of hydrogen-bond acceptors (Lipinski definition) is 2. The van der Waals surface area contributed by atoms with Crippen molar-refractivity contribution in [2.75, 3.05) is 13.6 Å². The van der Waals surface area contributed by atoms with Gasteiger partial charge in [0.2, 0.25) is 0 Å². The molecule has 1 aliphatic heterocycles. The van der Waals surface area contributed by atoms with Gasteiger partial charge < -0.3 is 4.90 Å². The zero-order valence-electron chi connectivity index (χ0n) is 7.05. The Hall–Kier alpha value is -0.370. The number of hydrogen-bond donors (Lipinski definition) is 0. The van der Waals surface area contributed by atoms with Crippen LogP contribution in [0.1, 0.15) is 25.7 Å². The zero-order chi connectivity index (χ0) is 7.84. The fraction of sp³-hybridized carbons (Fsp3) is 0.889. The van der Waals surface area contributed by atoms with Gasteiger partial charge in [0.15, 0.2) is 0 Å². The van der Waals surface area contributed by atoms with Crippen LogP contribution in [0.2, 0.25) is 0 Å². The van der Waals surface area contributed by atoms with Crippen molar-refractivity contribution in [1.82, 2.24) is 4.90 Å². The summed E-state index contributed by atoms with van der Waals surface area (Å²) in [5.41, 5.74) is 0. The molecule has 1 heterocycles. The lowest BCUT2D eigenvalue weighted by Gasteiger charge is -2.18. The van der Waals surface area contributed by atoms with Gasteiger partial charge in [-0.2, -0.15) is 0 Å². The summed E-state index contributed by atoms with van der Waals surface area (Å²) in [5.74, 6) is 1.29. The van der Waals surface area contributed by atoms with E-state index >= 15 is 0 Å². The van der Waals surface area contributed by atoms with Crippen LogP contribution in [0.3, 0.4) is 0 Å². The Morgan fingerprint density at radius 1 is 1.55 bits per heavy atom. The predicted molar refractivity (Wildman–Crippen MR) is 43.4 cm³/mol. The van der Waals surface area contributed by atoms with Crippen molar-refractivity contribution in [2.24, 2.45) is 5.92 Å². The van der Waals surface area contributed by atoms with Crippen LogP contribution in [0.4, 0.5) is 0 Å². The first kappa shape index (κ1) is 7.29. The Balaban J connectivity index is 2.09. The number of Topliss-reactive ketones (excluding diaryl/α,β-unsaturated/α-hetero) is 1. The molecule has 2 atom stereocenters. The van der Waals surface area contributed by atoms with E-state index in [-0.39, 0.29) is 0 Å². The average molecular weight is 153 g/mol. The SMILES string of the molecule is CN1CC2CCC(=O)CC1C2. The minimum atomic E-state index is 0.476. The van der Waals surface area contributed by atoms with Crippen LogP contribution in [-0.2, 0) is 4.79 Å². The highest BCUT2D eigenvalue weighted by Crippen LogP contribution is 2.31. The third kappa shape index (κ3) is 1.32. The second-order valence-corrected chi connectivity index (χ2v) is 3.98. The van der Waals surface area contributed by atoms with Crippen LogP contribution < -0.4 is 0 Å². The Morgan fingerprint density at radius 2 is 2.36 bits per heavy atom. The summed E-state index contributed by atoms with van der Waals surface area (Å²) in [6.45, 7) is 1.22. The topological polar surface area (TPSA) is 20.3 Å². The van der Waals surface area contributed by atoms with Crippen LogP contribution >= 0.6 is 0 Å². The van der Waals surface area contributed by atoms with Crippen molar-refractivity contribution >= 4 is 5.78 Å². The molecule has 0 N–H and O–H groups in total.